The minimum atomic E-state index is -0.0588. The van der Waals surface area contributed by atoms with Crippen LogP contribution < -0.4 is 0 Å². The maximum atomic E-state index is 9.61. The number of aryl methyl sites for hydroxylation is 1. The fraction of sp³-hybridized carbons (Fsp3) is 0.467. The van der Waals surface area contributed by atoms with Crippen LogP contribution in [0.25, 0.3) is 10.1 Å². The summed E-state index contributed by atoms with van der Waals surface area (Å²) in [5.74, 6) is 0.662. The molecule has 0 radical (unpaired) electrons. The van der Waals surface area contributed by atoms with E-state index in [1.54, 1.807) is 5.56 Å². The average Bonchev–Trinajstić information content (AvgIpc) is 2.66. The van der Waals surface area contributed by atoms with E-state index in [-0.39, 0.29) is 6.10 Å². The zero-order valence-corrected chi connectivity index (χ0v) is 11.0. The number of fused-ring (bicyclic) bond motifs is 1. The summed E-state index contributed by atoms with van der Waals surface area (Å²) in [6.45, 7) is 2.24. The molecule has 1 heterocycles. The monoisotopic (exact) mass is 246 g/mol. The number of aliphatic hydroxyl groups excluding tert-OH is 1. The van der Waals surface area contributed by atoms with Crippen molar-refractivity contribution in [2.24, 2.45) is 0 Å². The number of hydrogen-bond acceptors (Lipinski definition) is 2. The Labute approximate surface area is 106 Å². The SMILES string of the molecule is Cc1sc2ccccc2c1C1CCC(O)CC1. The van der Waals surface area contributed by atoms with Crippen molar-refractivity contribution in [1.82, 2.24) is 0 Å². The third-order valence-corrected chi connectivity index (χ3v) is 5.03. The molecule has 2 aromatic rings. The van der Waals surface area contributed by atoms with E-state index in [0.717, 1.165) is 25.7 Å². The largest absolute Gasteiger partial charge is 0.393 e. The highest BCUT2D eigenvalue weighted by atomic mass is 32.1. The Morgan fingerprint density at radius 1 is 1.12 bits per heavy atom. The Hall–Kier alpha value is -0.860. The molecule has 0 aliphatic heterocycles. The van der Waals surface area contributed by atoms with Crippen molar-refractivity contribution in [3.63, 3.8) is 0 Å². The number of thiophene rings is 1. The molecule has 1 aromatic carbocycles. The van der Waals surface area contributed by atoms with Gasteiger partial charge in [0, 0.05) is 9.58 Å². The number of benzene rings is 1. The van der Waals surface area contributed by atoms with Gasteiger partial charge in [-0.1, -0.05) is 18.2 Å². The summed E-state index contributed by atoms with van der Waals surface area (Å²) in [6.07, 6.45) is 4.16. The van der Waals surface area contributed by atoms with Crippen molar-refractivity contribution in [3.8, 4) is 0 Å². The van der Waals surface area contributed by atoms with E-state index >= 15 is 0 Å². The Kier molecular flexibility index (Phi) is 2.93. The molecule has 0 unspecified atom stereocenters. The molecule has 0 atom stereocenters. The molecular weight excluding hydrogens is 228 g/mol. The Morgan fingerprint density at radius 2 is 1.82 bits per heavy atom. The first-order valence-electron chi connectivity index (χ1n) is 6.42. The topological polar surface area (TPSA) is 20.2 Å². The molecule has 0 bridgehead atoms. The lowest BCUT2D eigenvalue weighted by Gasteiger charge is -2.26. The van der Waals surface area contributed by atoms with Crippen LogP contribution in [0, 0.1) is 6.92 Å². The quantitative estimate of drug-likeness (QED) is 0.798. The molecule has 1 aliphatic rings. The molecule has 0 amide bonds. The van der Waals surface area contributed by atoms with Gasteiger partial charge in [-0.3, -0.25) is 0 Å². The van der Waals surface area contributed by atoms with Gasteiger partial charge in [-0.2, -0.15) is 0 Å². The second kappa shape index (κ2) is 4.43. The van der Waals surface area contributed by atoms with Crippen LogP contribution in [-0.4, -0.2) is 11.2 Å². The zero-order valence-electron chi connectivity index (χ0n) is 10.1. The number of aliphatic hydroxyl groups is 1. The van der Waals surface area contributed by atoms with Gasteiger partial charge in [-0.15, -0.1) is 11.3 Å². The third kappa shape index (κ3) is 2.00. The van der Waals surface area contributed by atoms with E-state index < -0.39 is 0 Å². The van der Waals surface area contributed by atoms with Gasteiger partial charge in [0.05, 0.1) is 6.10 Å². The number of rotatable bonds is 1. The van der Waals surface area contributed by atoms with Crippen LogP contribution in [0.5, 0.6) is 0 Å². The van der Waals surface area contributed by atoms with Crippen molar-refractivity contribution < 1.29 is 5.11 Å². The lowest BCUT2D eigenvalue weighted by Crippen LogP contribution is -2.17. The predicted octanol–water partition coefficient (Wildman–Crippen LogP) is 4.23. The Balaban J connectivity index is 2.02. The van der Waals surface area contributed by atoms with Crippen LogP contribution >= 0.6 is 11.3 Å². The maximum Gasteiger partial charge on any atom is 0.0540 e. The molecular formula is C15H18OS. The lowest BCUT2D eigenvalue weighted by atomic mass is 9.82. The van der Waals surface area contributed by atoms with E-state index in [1.807, 2.05) is 11.3 Å². The first-order chi connectivity index (χ1) is 8.25. The van der Waals surface area contributed by atoms with Crippen LogP contribution in [0.1, 0.15) is 42.0 Å². The third-order valence-electron chi connectivity index (χ3n) is 3.92. The summed E-state index contributed by atoms with van der Waals surface area (Å²) in [5.41, 5.74) is 1.55. The van der Waals surface area contributed by atoms with Gasteiger partial charge in [-0.05, 0) is 55.5 Å². The van der Waals surface area contributed by atoms with Crippen molar-refractivity contribution in [2.45, 2.75) is 44.6 Å². The highest BCUT2D eigenvalue weighted by molar-refractivity contribution is 7.19. The summed E-state index contributed by atoms with van der Waals surface area (Å²) >= 11 is 1.91. The molecule has 1 nitrogen and oxygen atoms in total. The highest BCUT2D eigenvalue weighted by Gasteiger charge is 2.24. The first kappa shape index (κ1) is 11.2. The average molecular weight is 246 g/mol. The number of hydrogen-bond donors (Lipinski definition) is 1. The van der Waals surface area contributed by atoms with E-state index in [9.17, 15) is 5.11 Å². The van der Waals surface area contributed by atoms with Crippen molar-refractivity contribution in [3.05, 3.63) is 34.7 Å². The van der Waals surface area contributed by atoms with Gasteiger partial charge < -0.3 is 5.11 Å². The van der Waals surface area contributed by atoms with Gasteiger partial charge >= 0.3 is 0 Å². The second-order valence-corrected chi connectivity index (χ2v) is 6.33. The molecule has 1 saturated carbocycles. The van der Waals surface area contributed by atoms with Crippen molar-refractivity contribution in [1.29, 1.82) is 0 Å². The minimum absolute atomic E-state index is 0.0588. The molecule has 1 N–H and O–H groups in total. The van der Waals surface area contributed by atoms with Gasteiger partial charge in [0.1, 0.15) is 0 Å². The Morgan fingerprint density at radius 3 is 2.59 bits per heavy atom. The van der Waals surface area contributed by atoms with Crippen LogP contribution in [0.15, 0.2) is 24.3 Å². The zero-order chi connectivity index (χ0) is 11.8. The van der Waals surface area contributed by atoms with E-state index in [1.165, 1.54) is 15.0 Å². The smallest absolute Gasteiger partial charge is 0.0540 e. The second-order valence-electron chi connectivity index (χ2n) is 5.07. The normalized spacial score (nSPS) is 25.3. The van der Waals surface area contributed by atoms with Crippen LogP contribution in [0.2, 0.25) is 0 Å². The van der Waals surface area contributed by atoms with Gasteiger partial charge in [0.15, 0.2) is 0 Å². The molecule has 3 rings (SSSR count). The minimum Gasteiger partial charge on any atom is -0.393 e. The summed E-state index contributed by atoms with van der Waals surface area (Å²) in [4.78, 5) is 1.47. The van der Waals surface area contributed by atoms with Crippen LogP contribution in [-0.2, 0) is 0 Å². The summed E-state index contributed by atoms with van der Waals surface area (Å²) < 4.78 is 1.41. The first-order valence-corrected chi connectivity index (χ1v) is 7.23. The summed E-state index contributed by atoms with van der Waals surface area (Å²) in [6, 6.07) is 8.72. The van der Waals surface area contributed by atoms with E-state index in [2.05, 4.69) is 31.2 Å². The molecule has 2 heteroatoms. The standard InChI is InChI=1S/C15H18OS/c1-10-15(11-6-8-12(16)9-7-11)13-4-2-3-5-14(13)17-10/h2-5,11-12,16H,6-9H2,1H3. The molecule has 1 aromatic heterocycles. The molecule has 0 spiro atoms. The molecule has 1 fully saturated rings. The molecule has 90 valence electrons. The van der Waals surface area contributed by atoms with Crippen molar-refractivity contribution >= 4 is 21.4 Å². The van der Waals surface area contributed by atoms with Gasteiger partial charge in [0.25, 0.3) is 0 Å². The fourth-order valence-electron chi connectivity index (χ4n) is 3.06. The lowest BCUT2D eigenvalue weighted by molar-refractivity contribution is 0.122. The Bertz CT molecular complexity index is 521. The molecule has 1 aliphatic carbocycles. The summed E-state index contributed by atoms with van der Waals surface area (Å²) in [7, 11) is 0. The molecule has 17 heavy (non-hydrogen) atoms. The highest BCUT2D eigenvalue weighted by Crippen LogP contribution is 2.41. The van der Waals surface area contributed by atoms with Gasteiger partial charge in [-0.25, -0.2) is 0 Å². The van der Waals surface area contributed by atoms with Gasteiger partial charge in [0.2, 0.25) is 0 Å². The summed E-state index contributed by atoms with van der Waals surface area (Å²) in [5, 5.41) is 11.1. The maximum absolute atomic E-state index is 9.61. The van der Waals surface area contributed by atoms with Crippen LogP contribution in [0.3, 0.4) is 0 Å². The van der Waals surface area contributed by atoms with E-state index in [4.69, 9.17) is 0 Å². The predicted molar refractivity (Wildman–Crippen MR) is 73.8 cm³/mol. The van der Waals surface area contributed by atoms with Crippen LogP contribution in [0.4, 0.5) is 0 Å². The van der Waals surface area contributed by atoms with Crippen molar-refractivity contribution in [2.75, 3.05) is 0 Å². The van der Waals surface area contributed by atoms with E-state index in [0.29, 0.717) is 5.92 Å². The fourth-order valence-corrected chi connectivity index (χ4v) is 4.21. The molecule has 0 saturated heterocycles.